The normalized spacial score (nSPS) is 28.6. The molecule has 37 heavy (non-hydrogen) atoms. The molecule has 6 heteroatoms. The third kappa shape index (κ3) is 3.67. The first kappa shape index (κ1) is 22.0. The first-order valence-corrected chi connectivity index (χ1v) is 12.7. The largest absolute Gasteiger partial charge is 0.489 e. The van der Waals surface area contributed by atoms with E-state index < -0.39 is 5.97 Å². The summed E-state index contributed by atoms with van der Waals surface area (Å²) in [5, 5.41) is 0. The van der Waals surface area contributed by atoms with Gasteiger partial charge in [-0.05, 0) is 78.1 Å². The fraction of sp³-hybridized carbons (Fsp3) is 0.258. The molecule has 1 aliphatic heterocycles. The van der Waals surface area contributed by atoms with Crippen molar-refractivity contribution >= 4 is 23.5 Å². The Morgan fingerprint density at radius 1 is 0.784 bits per heavy atom. The third-order valence-electron chi connectivity index (χ3n) is 8.29. The summed E-state index contributed by atoms with van der Waals surface area (Å²) in [6.07, 6.45) is 5.43. The minimum Gasteiger partial charge on any atom is -0.489 e. The van der Waals surface area contributed by atoms with Gasteiger partial charge in [0.2, 0.25) is 11.8 Å². The van der Waals surface area contributed by atoms with Gasteiger partial charge in [-0.3, -0.25) is 9.59 Å². The molecular weight excluding hydrogens is 466 g/mol. The van der Waals surface area contributed by atoms with E-state index >= 15 is 0 Å². The molecule has 184 valence electrons. The van der Waals surface area contributed by atoms with Gasteiger partial charge in [0.25, 0.3) is 0 Å². The van der Waals surface area contributed by atoms with Gasteiger partial charge >= 0.3 is 5.97 Å². The number of imide groups is 1. The first-order valence-electron chi connectivity index (χ1n) is 12.7. The Hall–Kier alpha value is -4.19. The second-order valence-electron chi connectivity index (χ2n) is 10.4. The molecule has 2 amide bonds. The van der Waals surface area contributed by atoms with E-state index in [1.54, 1.807) is 48.5 Å². The third-order valence-corrected chi connectivity index (χ3v) is 8.29. The van der Waals surface area contributed by atoms with Crippen LogP contribution in [0.3, 0.4) is 0 Å². The molecule has 6 nitrogen and oxygen atoms in total. The Morgan fingerprint density at radius 2 is 1.43 bits per heavy atom. The number of esters is 1. The fourth-order valence-corrected chi connectivity index (χ4v) is 6.49. The number of nitrogens with zero attached hydrogens (tertiary/aromatic N) is 1. The number of rotatable bonds is 6. The highest BCUT2D eigenvalue weighted by atomic mass is 16.5. The van der Waals surface area contributed by atoms with Gasteiger partial charge in [0.05, 0.1) is 23.1 Å². The van der Waals surface area contributed by atoms with Crippen molar-refractivity contribution in [3.05, 3.63) is 102 Å². The van der Waals surface area contributed by atoms with Crippen molar-refractivity contribution in [2.45, 2.75) is 13.0 Å². The van der Waals surface area contributed by atoms with Crippen LogP contribution >= 0.6 is 0 Å². The van der Waals surface area contributed by atoms with Gasteiger partial charge in [0, 0.05) is 0 Å². The van der Waals surface area contributed by atoms with E-state index in [0.717, 1.165) is 12.0 Å². The second kappa shape index (κ2) is 8.44. The van der Waals surface area contributed by atoms with Crippen molar-refractivity contribution in [1.29, 1.82) is 0 Å². The van der Waals surface area contributed by atoms with E-state index in [2.05, 4.69) is 12.2 Å². The van der Waals surface area contributed by atoms with E-state index in [1.807, 2.05) is 30.3 Å². The Bertz CT molecular complexity index is 1390. The first-order chi connectivity index (χ1) is 18.1. The van der Waals surface area contributed by atoms with E-state index in [9.17, 15) is 14.4 Å². The minimum absolute atomic E-state index is 0.142. The van der Waals surface area contributed by atoms with Gasteiger partial charge in [-0.25, -0.2) is 9.69 Å². The van der Waals surface area contributed by atoms with Crippen molar-refractivity contribution in [1.82, 2.24) is 0 Å². The number of amides is 2. The number of hydrogen-bond acceptors (Lipinski definition) is 5. The number of carbonyl (C=O) groups is 3. The molecule has 1 heterocycles. The molecule has 3 aromatic rings. The predicted molar refractivity (Wildman–Crippen MR) is 136 cm³/mol. The summed E-state index contributed by atoms with van der Waals surface area (Å²) >= 11 is 0. The van der Waals surface area contributed by atoms with Gasteiger partial charge in [0.15, 0.2) is 0 Å². The number of hydrogen-bond donors (Lipinski definition) is 0. The molecule has 0 radical (unpaired) electrons. The van der Waals surface area contributed by atoms with E-state index in [1.165, 1.54) is 4.90 Å². The predicted octanol–water partition coefficient (Wildman–Crippen LogP) is 5.04. The van der Waals surface area contributed by atoms with Gasteiger partial charge in [-0.1, -0.05) is 48.6 Å². The number of benzene rings is 3. The molecule has 0 aromatic heterocycles. The smallest absolute Gasteiger partial charge is 0.343 e. The minimum atomic E-state index is -0.556. The topological polar surface area (TPSA) is 72.9 Å². The molecule has 3 aromatic carbocycles. The SMILES string of the molecule is O=C(Oc1ccc(OCc2ccccc2)cc1)c1cccc(N2C(=O)[C@@H]3[C@H]4C=C[C@H]([C@H]5C[C@H]45)[C@@H]3C2=O)c1. The van der Waals surface area contributed by atoms with Gasteiger partial charge < -0.3 is 9.47 Å². The van der Waals surface area contributed by atoms with Crippen LogP contribution in [-0.2, 0) is 16.2 Å². The number of allylic oxidation sites excluding steroid dienone is 2. The molecule has 1 saturated heterocycles. The highest BCUT2D eigenvalue weighted by Crippen LogP contribution is 2.65. The summed E-state index contributed by atoms with van der Waals surface area (Å²) in [5.74, 6) is 1.07. The summed E-state index contributed by atoms with van der Waals surface area (Å²) in [4.78, 5) is 41.0. The molecule has 0 unspecified atom stereocenters. The Kier molecular flexibility index (Phi) is 5.03. The lowest BCUT2D eigenvalue weighted by molar-refractivity contribution is -0.124. The second-order valence-corrected chi connectivity index (χ2v) is 10.4. The van der Waals surface area contributed by atoms with Crippen LogP contribution in [0.4, 0.5) is 5.69 Å². The zero-order valence-electron chi connectivity index (χ0n) is 20.0. The molecular formula is C31H25NO5. The van der Waals surface area contributed by atoms with Crippen LogP contribution in [0.25, 0.3) is 0 Å². The highest BCUT2D eigenvalue weighted by Gasteiger charge is 2.67. The molecule has 0 N–H and O–H groups in total. The maximum absolute atomic E-state index is 13.4. The number of ether oxygens (including phenoxy) is 2. The van der Waals surface area contributed by atoms with Crippen molar-refractivity contribution in [2.24, 2.45) is 35.5 Å². The van der Waals surface area contributed by atoms with Crippen LogP contribution in [0.5, 0.6) is 11.5 Å². The van der Waals surface area contributed by atoms with Gasteiger partial charge in [-0.2, -0.15) is 0 Å². The van der Waals surface area contributed by atoms with Crippen molar-refractivity contribution in [2.75, 3.05) is 4.90 Å². The maximum Gasteiger partial charge on any atom is 0.343 e. The molecule has 2 bridgehead atoms. The Balaban J connectivity index is 1.04. The molecule has 4 aliphatic carbocycles. The zero-order valence-corrected chi connectivity index (χ0v) is 20.0. The number of anilines is 1. The van der Waals surface area contributed by atoms with E-state index in [-0.39, 0.29) is 41.0 Å². The van der Waals surface area contributed by atoms with Crippen LogP contribution in [0.15, 0.2) is 91.0 Å². The quantitative estimate of drug-likeness (QED) is 0.209. The van der Waals surface area contributed by atoms with Crippen LogP contribution < -0.4 is 14.4 Å². The Morgan fingerprint density at radius 3 is 2.11 bits per heavy atom. The summed E-state index contributed by atoms with van der Waals surface area (Å²) in [5.41, 5.74) is 1.77. The summed E-state index contributed by atoms with van der Waals surface area (Å²) in [6, 6.07) is 23.3. The fourth-order valence-electron chi connectivity index (χ4n) is 6.49. The van der Waals surface area contributed by atoms with Gasteiger partial charge in [0.1, 0.15) is 18.1 Å². The lowest BCUT2D eigenvalue weighted by Crippen LogP contribution is -2.40. The van der Waals surface area contributed by atoms with Crippen molar-refractivity contribution in [3.8, 4) is 11.5 Å². The van der Waals surface area contributed by atoms with Crippen LogP contribution in [0.1, 0.15) is 22.3 Å². The average Bonchev–Trinajstić information content (AvgIpc) is 3.71. The molecule has 0 spiro atoms. The molecule has 5 aliphatic rings. The monoisotopic (exact) mass is 491 g/mol. The molecule has 2 saturated carbocycles. The maximum atomic E-state index is 13.4. The lowest BCUT2D eigenvalue weighted by atomic mass is 9.63. The van der Waals surface area contributed by atoms with Crippen LogP contribution in [0, 0.1) is 35.5 Å². The zero-order chi connectivity index (χ0) is 25.1. The van der Waals surface area contributed by atoms with Crippen LogP contribution in [-0.4, -0.2) is 17.8 Å². The standard InChI is InChI=1S/C31H25NO5/c33-29-27-23-13-14-24(26-16-25(23)26)28(27)30(34)32(29)20-8-4-7-19(15-20)31(35)37-22-11-9-21(10-12-22)36-17-18-5-2-1-3-6-18/h1-15,23-28H,16-17H2/t23-,24+,25-,26-,27+,28-/m1/s1. The van der Waals surface area contributed by atoms with Crippen molar-refractivity contribution < 1.29 is 23.9 Å². The summed E-state index contributed by atoms with van der Waals surface area (Å²) < 4.78 is 11.3. The lowest BCUT2D eigenvalue weighted by Gasteiger charge is -2.37. The molecule has 6 atom stereocenters. The van der Waals surface area contributed by atoms with Gasteiger partial charge in [-0.15, -0.1) is 0 Å². The average molecular weight is 492 g/mol. The Labute approximate surface area is 214 Å². The van der Waals surface area contributed by atoms with E-state index in [4.69, 9.17) is 9.47 Å². The number of carbonyl (C=O) groups excluding carboxylic acids is 3. The highest BCUT2D eigenvalue weighted by molar-refractivity contribution is 6.23. The van der Waals surface area contributed by atoms with Crippen molar-refractivity contribution in [3.63, 3.8) is 0 Å². The summed E-state index contributed by atoms with van der Waals surface area (Å²) in [6.45, 7) is 0.446. The van der Waals surface area contributed by atoms with Crippen LogP contribution in [0.2, 0.25) is 0 Å². The molecule has 8 rings (SSSR count). The van der Waals surface area contributed by atoms with E-state index in [0.29, 0.717) is 35.6 Å². The summed E-state index contributed by atoms with van der Waals surface area (Å²) in [7, 11) is 0. The molecule has 3 fully saturated rings.